The topological polar surface area (TPSA) is 9.23 Å². The molecule has 3 rings (SSSR count). The van der Waals surface area contributed by atoms with E-state index in [-0.39, 0.29) is 0 Å². The lowest BCUT2D eigenvalue weighted by Gasteiger charge is -2.65. The number of hydrogen-bond acceptors (Lipinski definition) is 1. The van der Waals surface area contributed by atoms with Crippen molar-refractivity contribution in [2.45, 2.75) is 38.2 Å². The van der Waals surface area contributed by atoms with Crippen LogP contribution in [-0.2, 0) is 4.74 Å². The lowest BCUT2D eigenvalue weighted by molar-refractivity contribution is -0.174. The largest absolute Gasteiger partial charge is 0.380 e. The predicted octanol–water partition coefficient (Wildman–Crippen LogP) is 3.08. The van der Waals surface area contributed by atoms with Crippen molar-refractivity contribution in [3.05, 3.63) is 24.3 Å². The van der Waals surface area contributed by atoms with E-state index in [1.165, 1.54) is 32.1 Å². The van der Waals surface area contributed by atoms with E-state index < -0.39 is 0 Å². The molecule has 1 heteroatoms. The zero-order valence-corrected chi connectivity index (χ0v) is 8.83. The van der Waals surface area contributed by atoms with Crippen LogP contribution in [0.15, 0.2) is 24.3 Å². The molecular weight excluding hydrogens is 172 g/mol. The minimum Gasteiger partial charge on any atom is -0.380 e. The third-order valence-electron chi connectivity index (χ3n) is 4.72. The summed E-state index contributed by atoms with van der Waals surface area (Å²) in [6.07, 6.45) is 16.5. The van der Waals surface area contributed by atoms with Crippen LogP contribution in [0, 0.1) is 10.8 Å². The van der Waals surface area contributed by atoms with Crippen molar-refractivity contribution in [2.24, 2.45) is 10.8 Å². The van der Waals surface area contributed by atoms with Crippen LogP contribution in [0.4, 0.5) is 0 Å². The summed E-state index contributed by atoms with van der Waals surface area (Å²) in [5.74, 6) is 0. The molecule has 1 nitrogen and oxygen atoms in total. The van der Waals surface area contributed by atoms with Gasteiger partial charge in [0, 0.05) is 17.9 Å². The van der Waals surface area contributed by atoms with Crippen LogP contribution >= 0.6 is 0 Å². The Labute approximate surface area is 85.8 Å². The molecule has 0 N–H and O–H groups in total. The Morgan fingerprint density at radius 2 is 1.93 bits per heavy atom. The molecule has 2 saturated carbocycles. The molecule has 0 bridgehead atoms. The summed E-state index contributed by atoms with van der Waals surface area (Å²) in [5.41, 5.74) is 0.843. The van der Waals surface area contributed by atoms with Crippen LogP contribution in [0.3, 0.4) is 0 Å². The quantitative estimate of drug-likeness (QED) is 0.617. The van der Waals surface area contributed by atoms with Gasteiger partial charge in [0.15, 0.2) is 0 Å². The van der Waals surface area contributed by atoms with Gasteiger partial charge in [0.1, 0.15) is 0 Å². The first-order valence-corrected chi connectivity index (χ1v) is 5.73. The van der Waals surface area contributed by atoms with Gasteiger partial charge in [-0.2, -0.15) is 0 Å². The lowest BCUT2D eigenvalue weighted by atomic mass is 9.41. The zero-order valence-electron chi connectivity index (χ0n) is 8.83. The number of allylic oxidation sites excluding steroid dienone is 3. The standard InChI is InChI=1S/C13H18O/c1-14-11-10-12-6-2-4-8-13(11,12)9-5-3-7-12/h2,4,6,8,11H,3,5,7,9-10H2,1H3/t11-,12+,13+/m1/s1. The second-order valence-corrected chi connectivity index (χ2v) is 5.05. The van der Waals surface area contributed by atoms with Crippen LogP contribution in [0.2, 0.25) is 0 Å². The van der Waals surface area contributed by atoms with Crippen molar-refractivity contribution in [1.29, 1.82) is 0 Å². The molecule has 2 fully saturated rings. The number of hydrogen-bond donors (Lipinski definition) is 0. The van der Waals surface area contributed by atoms with Gasteiger partial charge in [0.2, 0.25) is 0 Å². The van der Waals surface area contributed by atoms with Crippen molar-refractivity contribution in [3.63, 3.8) is 0 Å². The Bertz CT molecular complexity index is 304. The summed E-state index contributed by atoms with van der Waals surface area (Å²) < 4.78 is 5.63. The van der Waals surface area contributed by atoms with Crippen molar-refractivity contribution in [2.75, 3.05) is 7.11 Å². The second kappa shape index (κ2) is 2.73. The normalized spacial score (nSPS) is 49.4. The van der Waals surface area contributed by atoms with Crippen LogP contribution < -0.4 is 0 Å². The van der Waals surface area contributed by atoms with E-state index in [1.54, 1.807) is 0 Å². The molecule has 0 aromatic rings. The minimum absolute atomic E-state index is 0.370. The van der Waals surface area contributed by atoms with E-state index >= 15 is 0 Å². The summed E-state index contributed by atoms with van der Waals surface area (Å²) >= 11 is 0. The fraction of sp³-hybridized carbons (Fsp3) is 0.692. The summed E-state index contributed by atoms with van der Waals surface area (Å²) in [6, 6.07) is 0. The molecular formula is C13H18O. The smallest absolute Gasteiger partial charge is 0.0679 e. The zero-order chi connectivity index (χ0) is 9.65. The van der Waals surface area contributed by atoms with Crippen LogP contribution in [-0.4, -0.2) is 13.2 Å². The number of rotatable bonds is 1. The third kappa shape index (κ3) is 0.802. The molecule has 3 aliphatic carbocycles. The Hall–Kier alpha value is -0.560. The maximum atomic E-state index is 5.63. The molecule has 3 aliphatic rings. The summed E-state index contributed by atoms with van der Waals surface area (Å²) in [7, 11) is 1.87. The van der Waals surface area contributed by atoms with Gasteiger partial charge in [0.05, 0.1) is 6.10 Å². The van der Waals surface area contributed by atoms with Gasteiger partial charge < -0.3 is 4.74 Å². The molecule has 76 valence electrons. The van der Waals surface area contributed by atoms with Gasteiger partial charge in [-0.15, -0.1) is 0 Å². The van der Waals surface area contributed by atoms with Crippen LogP contribution in [0.1, 0.15) is 32.1 Å². The van der Waals surface area contributed by atoms with Crippen LogP contribution in [0.5, 0.6) is 0 Å². The molecule has 0 aromatic heterocycles. The van der Waals surface area contributed by atoms with E-state index in [4.69, 9.17) is 4.74 Å². The van der Waals surface area contributed by atoms with E-state index in [2.05, 4.69) is 24.3 Å². The minimum atomic E-state index is 0.370. The molecule has 0 heterocycles. The van der Waals surface area contributed by atoms with E-state index in [0.717, 1.165) is 0 Å². The Morgan fingerprint density at radius 1 is 1.14 bits per heavy atom. The first-order valence-electron chi connectivity index (χ1n) is 5.73. The maximum Gasteiger partial charge on any atom is 0.0679 e. The highest BCUT2D eigenvalue weighted by atomic mass is 16.5. The highest BCUT2D eigenvalue weighted by Gasteiger charge is 2.63. The average Bonchev–Trinajstić information content (AvgIpc) is 2.21. The number of ether oxygens (including phenoxy) is 1. The molecule has 0 spiro atoms. The monoisotopic (exact) mass is 190 g/mol. The summed E-state index contributed by atoms with van der Waals surface area (Å²) in [6.45, 7) is 0. The van der Waals surface area contributed by atoms with Crippen molar-refractivity contribution in [3.8, 4) is 0 Å². The highest BCUT2D eigenvalue weighted by molar-refractivity contribution is 5.34. The Morgan fingerprint density at radius 3 is 2.79 bits per heavy atom. The maximum absolute atomic E-state index is 5.63. The fourth-order valence-corrected chi connectivity index (χ4v) is 3.92. The van der Waals surface area contributed by atoms with Crippen molar-refractivity contribution in [1.82, 2.24) is 0 Å². The summed E-state index contributed by atoms with van der Waals surface area (Å²) in [5, 5.41) is 0. The molecule has 0 aliphatic heterocycles. The molecule has 3 atom stereocenters. The van der Waals surface area contributed by atoms with Gasteiger partial charge in [0.25, 0.3) is 0 Å². The second-order valence-electron chi connectivity index (χ2n) is 5.05. The molecule has 14 heavy (non-hydrogen) atoms. The first kappa shape index (κ1) is 8.72. The predicted molar refractivity (Wildman–Crippen MR) is 57.0 cm³/mol. The third-order valence-corrected chi connectivity index (χ3v) is 4.72. The highest BCUT2D eigenvalue weighted by Crippen LogP contribution is 2.67. The van der Waals surface area contributed by atoms with Crippen LogP contribution in [0.25, 0.3) is 0 Å². The van der Waals surface area contributed by atoms with E-state index in [0.29, 0.717) is 16.9 Å². The molecule has 0 saturated heterocycles. The number of methoxy groups -OCH3 is 1. The lowest BCUT2D eigenvalue weighted by Crippen LogP contribution is -2.62. The van der Waals surface area contributed by atoms with E-state index in [9.17, 15) is 0 Å². The molecule has 0 unspecified atom stereocenters. The fourth-order valence-electron chi connectivity index (χ4n) is 3.92. The van der Waals surface area contributed by atoms with Gasteiger partial charge in [-0.3, -0.25) is 0 Å². The Kier molecular flexibility index (Phi) is 1.70. The average molecular weight is 190 g/mol. The molecule has 0 amide bonds. The Balaban J connectivity index is 2.00. The molecule has 0 radical (unpaired) electrons. The van der Waals surface area contributed by atoms with Gasteiger partial charge in [-0.25, -0.2) is 0 Å². The van der Waals surface area contributed by atoms with Crippen molar-refractivity contribution < 1.29 is 4.74 Å². The van der Waals surface area contributed by atoms with Gasteiger partial charge in [-0.05, 0) is 19.3 Å². The summed E-state index contributed by atoms with van der Waals surface area (Å²) in [4.78, 5) is 0. The first-order chi connectivity index (χ1) is 6.83. The van der Waals surface area contributed by atoms with Crippen molar-refractivity contribution >= 4 is 0 Å². The van der Waals surface area contributed by atoms with Gasteiger partial charge in [-0.1, -0.05) is 37.1 Å². The SMILES string of the molecule is CO[C@@H]1C[C@@]23C=CC=C[C@]12CCCC3. The molecule has 0 aromatic carbocycles. The van der Waals surface area contributed by atoms with Gasteiger partial charge >= 0.3 is 0 Å². The van der Waals surface area contributed by atoms with E-state index in [1.807, 2.05) is 7.11 Å².